The highest BCUT2D eigenvalue weighted by Crippen LogP contribution is 2.21. The zero-order chi connectivity index (χ0) is 14.7. The molecule has 1 aromatic carbocycles. The molecule has 110 valence electrons. The number of rotatable bonds is 5. The van der Waals surface area contributed by atoms with Crippen LogP contribution in [0.3, 0.4) is 0 Å². The van der Waals surface area contributed by atoms with Crippen LogP contribution >= 0.6 is 0 Å². The third kappa shape index (κ3) is 3.28. The van der Waals surface area contributed by atoms with Crippen LogP contribution in [0.4, 0.5) is 11.5 Å². The maximum Gasteiger partial charge on any atom is 0.270 e. The van der Waals surface area contributed by atoms with E-state index < -0.39 is 4.92 Å². The lowest BCUT2D eigenvalue weighted by atomic mass is 10.2. The number of aromatic nitrogens is 1. The Labute approximate surface area is 122 Å². The molecule has 0 saturated carbocycles. The van der Waals surface area contributed by atoms with Gasteiger partial charge in [-0.1, -0.05) is 0 Å². The molecule has 0 spiro atoms. The van der Waals surface area contributed by atoms with E-state index in [1.165, 1.54) is 6.07 Å². The second kappa shape index (κ2) is 6.05. The van der Waals surface area contributed by atoms with Gasteiger partial charge in [0.1, 0.15) is 5.82 Å². The van der Waals surface area contributed by atoms with Crippen LogP contribution < -0.4 is 5.32 Å². The quantitative estimate of drug-likeness (QED) is 0.675. The van der Waals surface area contributed by atoms with Crippen molar-refractivity contribution >= 4 is 22.4 Å². The fourth-order valence-electron chi connectivity index (χ4n) is 2.56. The predicted octanol–water partition coefficient (Wildman–Crippen LogP) is 3.12. The van der Waals surface area contributed by atoms with Crippen molar-refractivity contribution in [1.82, 2.24) is 4.98 Å². The highest BCUT2D eigenvalue weighted by Gasteiger charge is 2.14. The third-order valence-electron chi connectivity index (χ3n) is 3.68. The molecule has 1 aliphatic heterocycles. The summed E-state index contributed by atoms with van der Waals surface area (Å²) in [6, 6.07) is 8.40. The molecule has 0 aliphatic carbocycles. The molecule has 1 fully saturated rings. The van der Waals surface area contributed by atoms with Gasteiger partial charge in [-0.2, -0.15) is 0 Å². The van der Waals surface area contributed by atoms with E-state index >= 15 is 0 Å². The van der Waals surface area contributed by atoms with Crippen LogP contribution in [-0.2, 0) is 4.74 Å². The first-order valence-electron chi connectivity index (χ1n) is 7.13. The molecular formula is C15H17N3O3. The second-order valence-corrected chi connectivity index (χ2v) is 5.18. The van der Waals surface area contributed by atoms with Crippen molar-refractivity contribution in [3.63, 3.8) is 0 Å². The van der Waals surface area contributed by atoms with Gasteiger partial charge in [0.15, 0.2) is 0 Å². The maximum atomic E-state index is 10.7. The molecule has 1 saturated heterocycles. The van der Waals surface area contributed by atoms with Crippen LogP contribution in [0.1, 0.15) is 19.3 Å². The van der Waals surface area contributed by atoms with Crippen molar-refractivity contribution in [1.29, 1.82) is 0 Å². The second-order valence-electron chi connectivity index (χ2n) is 5.18. The Morgan fingerprint density at radius 3 is 3.05 bits per heavy atom. The van der Waals surface area contributed by atoms with Gasteiger partial charge in [0.05, 0.1) is 16.5 Å². The number of benzene rings is 1. The molecule has 1 unspecified atom stereocenters. The van der Waals surface area contributed by atoms with E-state index in [0.717, 1.165) is 49.1 Å². The summed E-state index contributed by atoms with van der Waals surface area (Å²) in [6.07, 6.45) is 3.62. The lowest BCUT2D eigenvalue weighted by Crippen LogP contribution is -2.12. The molecular weight excluding hydrogens is 270 g/mol. The number of hydrogen-bond donors (Lipinski definition) is 1. The first kappa shape index (κ1) is 13.8. The molecule has 1 N–H and O–H groups in total. The largest absolute Gasteiger partial charge is 0.378 e. The van der Waals surface area contributed by atoms with E-state index in [1.54, 1.807) is 12.1 Å². The summed E-state index contributed by atoms with van der Waals surface area (Å²) in [4.78, 5) is 14.8. The molecule has 0 radical (unpaired) electrons. The van der Waals surface area contributed by atoms with Gasteiger partial charge in [-0.25, -0.2) is 4.98 Å². The summed E-state index contributed by atoms with van der Waals surface area (Å²) >= 11 is 0. The summed E-state index contributed by atoms with van der Waals surface area (Å²) in [6.45, 7) is 1.69. The van der Waals surface area contributed by atoms with Crippen LogP contribution in [0.25, 0.3) is 10.9 Å². The highest BCUT2D eigenvalue weighted by molar-refractivity contribution is 5.82. The topological polar surface area (TPSA) is 77.3 Å². The van der Waals surface area contributed by atoms with E-state index in [9.17, 15) is 10.1 Å². The number of pyridine rings is 1. The van der Waals surface area contributed by atoms with Crippen LogP contribution in [0.15, 0.2) is 30.3 Å². The Morgan fingerprint density at radius 1 is 1.38 bits per heavy atom. The van der Waals surface area contributed by atoms with Crippen molar-refractivity contribution in [3.8, 4) is 0 Å². The van der Waals surface area contributed by atoms with Gasteiger partial charge in [-0.15, -0.1) is 0 Å². The monoisotopic (exact) mass is 287 g/mol. The molecule has 3 rings (SSSR count). The average Bonchev–Trinajstić information content (AvgIpc) is 3.00. The fraction of sp³-hybridized carbons (Fsp3) is 0.400. The zero-order valence-corrected chi connectivity index (χ0v) is 11.6. The Hall–Kier alpha value is -2.21. The first-order valence-corrected chi connectivity index (χ1v) is 7.13. The van der Waals surface area contributed by atoms with Gasteiger partial charge < -0.3 is 10.1 Å². The fourth-order valence-corrected chi connectivity index (χ4v) is 2.56. The van der Waals surface area contributed by atoms with E-state index in [1.807, 2.05) is 12.1 Å². The van der Waals surface area contributed by atoms with Crippen LogP contribution in [0, 0.1) is 10.1 Å². The van der Waals surface area contributed by atoms with Crippen LogP contribution in [0.2, 0.25) is 0 Å². The Kier molecular flexibility index (Phi) is 3.96. The molecule has 21 heavy (non-hydrogen) atoms. The van der Waals surface area contributed by atoms with E-state index in [2.05, 4.69) is 10.3 Å². The Morgan fingerprint density at radius 2 is 2.29 bits per heavy atom. The minimum atomic E-state index is -0.396. The van der Waals surface area contributed by atoms with Gasteiger partial charge in [0.2, 0.25) is 0 Å². The standard InChI is InChI=1S/C15H17N3O3/c19-18(20)12-4-5-14-11(10-12)3-6-15(17-14)16-8-7-13-2-1-9-21-13/h3-6,10,13H,1-2,7-9H2,(H,16,17). The normalized spacial score (nSPS) is 18.0. The molecule has 6 nitrogen and oxygen atoms in total. The van der Waals surface area contributed by atoms with Gasteiger partial charge in [-0.3, -0.25) is 10.1 Å². The summed E-state index contributed by atoms with van der Waals surface area (Å²) in [7, 11) is 0. The summed E-state index contributed by atoms with van der Waals surface area (Å²) in [5.41, 5.74) is 0.839. The number of nitrogens with zero attached hydrogens (tertiary/aromatic N) is 2. The average molecular weight is 287 g/mol. The molecule has 2 heterocycles. The van der Waals surface area contributed by atoms with Gasteiger partial charge in [-0.05, 0) is 37.5 Å². The van der Waals surface area contributed by atoms with Gasteiger partial charge in [0, 0.05) is 30.7 Å². The van der Waals surface area contributed by atoms with Crippen molar-refractivity contribution in [3.05, 3.63) is 40.4 Å². The number of anilines is 1. The van der Waals surface area contributed by atoms with Crippen molar-refractivity contribution < 1.29 is 9.66 Å². The molecule has 2 aromatic rings. The molecule has 6 heteroatoms. The van der Waals surface area contributed by atoms with Crippen LogP contribution in [0.5, 0.6) is 0 Å². The number of nitro groups is 1. The zero-order valence-electron chi connectivity index (χ0n) is 11.6. The highest BCUT2D eigenvalue weighted by atomic mass is 16.6. The smallest absolute Gasteiger partial charge is 0.270 e. The Bertz CT molecular complexity index is 654. The number of ether oxygens (including phenoxy) is 1. The summed E-state index contributed by atoms with van der Waals surface area (Å²) < 4.78 is 5.57. The minimum Gasteiger partial charge on any atom is -0.378 e. The van der Waals surface area contributed by atoms with E-state index in [0.29, 0.717) is 6.10 Å². The van der Waals surface area contributed by atoms with Gasteiger partial charge >= 0.3 is 0 Å². The molecule has 1 aromatic heterocycles. The van der Waals surface area contributed by atoms with Crippen molar-refractivity contribution in [2.45, 2.75) is 25.4 Å². The molecule has 1 atom stereocenters. The maximum absolute atomic E-state index is 10.7. The number of fused-ring (bicyclic) bond motifs is 1. The number of nitrogens with one attached hydrogen (secondary N) is 1. The predicted molar refractivity (Wildman–Crippen MR) is 80.5 cm³/mol. The van der Waals surface area contributed by atoms with Crippen molar-refractivity contribution in [2.75, 3.05) is 18.5 Å². The lowest BCUT2D eigenvalue weighted by molar-refractivity contribution is -0.384. The molecule has 0 amide bonds. The Balaban J connectivity index is 1.66. The summed E-state index contributed by atoms with van der Waals surface area (Å²) in [5, 5.41) is 14.8. The van der Waals surface area contributed by atoms with Crippen molar-refractivity contribution in [2.24, 2.45) is 0 Å². The molecule has 0 bridgehead atoms. The number of non-ortho nitro benzene ring substituents is 1. The number of hydrogen-bond acceptors (Lipinski definition) is 5. The number of nitro benzene ring substituents is 1. The van der Waals surface area contributed by atoms with E-state index in [4.69, 9.17) is 4.74 Å². The summed E-state index contributed by atoms with van der Waals surface area (Å²) in [5.74, 6) is 0.786. The first-order chi connectivity index (χ1) is 10.2. The minimum absolute atomic E-state index is 0.0865. The lowest BCUT2D eigenvalue weighted by Gasteiger charge is -2.10. The van der Waals surface area contributed by atoms with Crippen LogP contribution in [-0.4, -0.2) is 29.2 Å². The third-order valence-corrected chi connectivity index (χ3v) is 3.68. The van der Waals surface area contributed by atoms with Gasteiger partial charge in [0.25, 0.3) is 5.69 Å². The van der Waals surface area contributed by atoms with E-state index in [-0.39, 0.29) is 5.69 Å². The SMILES string of the molecule is O=[N+]([O-])c1ccc2nc(NCCC3CCCO3)ccc2c1. The molecule has 1 aliphatic rings.